The molecule has 1 aromatic heterocycles. The van der Waals surface area contributed by atoms with Crippen LogP contribution < -0.4 is 10.6 Å². The van der Waals surface area contributed by atoms with Crippen LogP contribution in [0.4, 0.5) is 5.69 Å². The molecule has 10 heteroatoms. The summed E-state index contributed by atoms with van der Waals surface area (Å²) in [5.41, 5.74) is 2.43. The van der Waals surface area contributed by atoms with E-state index in [0.717, 1.165) is 23.2 Å². The number of carbonyl (C=O) groups is 1. The highest BCUT2D eigenvalue weighted by Crippen LogP contribution is 2.22. The number of thiocarbonyl (C=S) groups is 1. The largest absolute Gasteiger partial charge is 0.366 e. The predicted molar refractivity (Wildman–Crippen MR) is 143 cm³/mol. The number of non-ortho nitro benzene ring substituents is 1. The van der Waals surface area contributed by atoms with Crippen LogP contribution in [0.5, 0.6) is 0 Å². The van der Waals surface area contributed by atoms with Crippen molar-refractivity contribution in [1.29, 1.82) is 0 Å². The van der Waals surface area contributed by atoms with E-state index >= 15 is 0 Å². The topological polar surface area (TPSA) is 105 Å². The van der Waals surface area contributed by atoms with Crippen molar-refractivity contribution in [3.63, 3.8) is 0 Å². The average molecular weight is 509 g/mol. The number of nitro benzene ring substituents is 1. The lowest BCUT2D eigenvalue weighted by Crippen LogP contribution is -2.57. The Balaban J connectivity index is 1.65. The number of nitrogens with one attached hydrogen (secondary N) is 2. The molecule has 0 fully saturated rings. The fourth-order valence-corrected chi connectivity index (χ4v) is 4.18. The summed E-state index contributed by atoms with van der Waals surface area (Å²) in [6.07, 6.45) is 4.27. The number of carbonyl (C=O) groups excluding carboxylic acids is 1. The summed E-state index contributed by atoms with van der Waals surface area (Å²) < 4.78 is 1.87. The van der Waals surface area contributed by atoms with Crippen molar-refractivity contribution in [2.24, 2.45) is 0 Å². The highest BCUT2D eigenvalue weighted by Gasteiger charge is 2.32. The summed E-state index contributed by atoms with van der Waals surface area (Å²) in [5, 5.41) is 17.7. The van der Waals surface area contributed by atoms with Crippen LogP contribution in [0.3, 0.4) is 0 Å². The molecule has 36 heavy (non-hydrogen) atoms. The smallest absolute Gasteiger partial charge is 0.269 e. The first kappa shape index (κ1) is 26.8. The van der Waals surface area contributed by atoms with E-state index in [2.05, 4.69) is 46.5 Å². The molecule has 0 bridgehead atoms. The zero-order chi connectivity index (χ0) is 26.1. The molecule has 1 amide bonds. The predicted octanol–water partition coefficient (Wildman–Crippen LogP) is 3.67. The lowest BCUT2D eigenvalue weighted by molar-refractivity contribution is -0.384. The normalized spacial score (nSPS) is 12.4. The maximum Gasteiger partial charge on any atom is 0.269 e. The van der Waals surface area contributed by atoms with Crippen LogP contribution in [-0.2, 0) is 24.3 Å². The molecule has 0 saturated heterocycles. The Hall–Kier alpha value is -3.79. The van der Waals surface area contributed by atoms with Gasteiger partial charge in [0.05, 0.1) is 23.2 Å². The summed E-state index contributed by atoms with van der Waals surface area (Å²) in [4.78, 5) is 29.7. The molecule has 0 aliphatic carbocycles. The van der Waals surface area contributed by atoms with Crippen LogP contribution >= 0.6 is 12.2 Å². The van der Waals surface area contributed by atoms with Gasteiger partial charge >= 0.3 is 0 Å². The first-order valence-electron chi connectivity index (χ1n) is 11.8. The van der Waals surface area contributed by atoms with Crippen LogP contribution in [0.25, 0.3) is 0 Å². The summed E-state index contributed by atoms with van der Waals surface area (Å²) in [5.74, 6) is -0.116. The van der Waals surface area contributed by atoms with Gasteiger partial charge in [-0.15, -0.1) is 0 Å². The Bertz CT molecular complexity index is 1180. The van der Waals surface area contributed by atoms with Gasteiger partial charge in [0, 0.05) is 50.7 Å². The minimum Gasteiger partial charge on any atom is -0.366 e. The van der Waals surface area contributed by atoms with Gasteiger partial charge in [-0.3, -0.25) is 14.9 Å². The minimum absolute atomic E-state index is 0.0435. The SMILES string of the molecule is CCC(C)(CNC(=O)Cc1cncn1Cc1ccc([N+](=O)[O-])cc1)N(Cc1ccccc1)C(=S)NC. The highest BCUT2D eigenvalue weighted by molar-refractivity contribution is 7.80. The molecular weight excluding hydrogens is 476 g/mol. The maximum absolute atomic E-state index is 12.9. The van der Waals surface area contributed by atoms with Gasteiger partial charge < -0.3 is 20.1 Å². The summed E-state index contributed by atoms with van der Waals surface area (Å²) >= 11 is 5.62. The van der Waals surface area contributed by atoms with Crippen molar-refractivity contribution in [3.05, 3.63) is 94.1 Å². The van der Waals surface area contributed by atoms with Crippen molar-refractivity contribution in [3.8, 4) is 0 Å². The number of benzene rings is 2. The molecule has 3 aromatic rings. The Morgan fingerprint density at radius 3 is 2.47 bits per heavy atom. The van der Waals surface area contributed by atoms with Crippen molar-refractivity contribution >= 4 is 28.9 Å². The molecule has 1 heterocycles. The van der Waals surface area contributed by atoms with E-state index in [0.29, 0.717) is 24.7 Å². The van der Waals surface area contributed by atoms with Gasteiger partial charge in [0.15, 0.2) is 5.11 Å². The van der Waals surface area contributed by atoms with E-state index in [-0.39, 0.29) is 18.0 Å². The molecule has 0 saturated carbocycles. The third kappa shape index (κ3) is 6.88. The lowest BCUT2D eigenvalue weighted by atomic mass is 9.95. The van der Waals surface area contributed by atoms with E-state index in [1.54, 1.807) is 31.7 Å². The van der Waals surface area contributed by atoms with Gasteiger partial charge in [-0.2, -0.15) is 0 Å². The van der Waals surface area contributed by atoms with Crippen molar-refractivity contribution < 1.29 is 9.72 Å². The third-order valence-corrected chi connectivity index (χ3v) is 6.79. The number of nitrogens with zero attached hydrogens (tertiary/aromatic N) is 4. The number of hydrogen-bond donors (Lipinski definition) is 2. The van der Waals surface area contributed by atoms with Crippen molar-refractivity contribution in [2.45, 2.75) is 45.3 Å². The Morgan fingerprint density at radius 1 is 1.17 bits per heavy atom. The third-order valence-electron chi connectivity index (χ3n) is 6.36. The number of aromatic nitrogens is 2. The van der Waals surface area contributed by atoms with Crippen LogP contribution in [0.15, 0.2) is 67.1 Å². The number of hydrogen-bond acceptors (Lipinski definition) is 5. The van der Waals surface area contributed by atoms with E-state index in [4.69, 9.17) is 12.2 Å². The van der Waals surface area contributed by atoms with Crippen LogP contribution in [0.1, 0.15) is 37.1 Å². The Labute approximate surface area is 216 Å². The van der Waals surface area contributed by atoms with Gasteiger partial charge in [0.1, 0.15) is 0 Å². The van der Waals surface area contributed by atoms with Crippen molar-refractivity contribution in [1.82, 2.24) is 25.1 Å². The van der Waals surface area contributed by atoms with Crippen LogP contribution in [0.2, 0.25) is 0 Å². The monoisotopic (exact) mass is 508 g/mol. The van der Waals surface area contributed by atoms with Crippen molar-refractivity contribution in [2.75, 3.05) is 13.6 Å². The molecular formula is C26H32N6O3S. The number of amides is 1. The van der Waals surface area contributed by atoms with Gasteiger partial charge in [-0.1, -0.05) is 49.4 Å². The zero-order valence-corrected chi connectivity index (χ0v) is 21.6. The first-order chi connectivity index (χ1) is 17.3. The lowest BCUT2D eigenvalue weighted by Gasteiger charge is -2.42. The van der Waals surface area contributed by atoms with E-state index in [9.17, 15) is 14.9 Å². The highest BCUT2D eigenvalue weighted by atomic mass is 32.1. The van der Waals surface area contributed by atoms with E-state index in [1.165, 1.54) is 12.1 Å². The van der Waals surface area contributed by atoms with Crippen LogP contribution in [0, 0.1) is 10.1 Å². The summed E-state index contributed by atoms with van der Waals surface area (Å²) in [6.45, 7) is 5.70. The second kappa shape index (κ2) is 12.3. The maximum atomic E-state index is 12.9. The minimum atomic E-state index is -0.426. The zero-order valence-electron chi connectivity index (χ0n) is 20.8. The molecule has 1 unspecified atom stereocenters. The molecule has 3 rings (SSSR count). The fraction of sp³-hybridized carbons (Fsp3) is 0.346. The molecule has 9 nitrogen and oxygen atoms in total. The Kier molecular flexibility index (Phi) is 9.13. The number of imidazole rings is 1. The summed E-state index contributed by atoms with van der Waals surface area (Å²) in [6, 6.07) is 16.5. The number of nitro groups is 1. The van der Waals surface area contributed by atoms with E-state index in [1.807, 2.05) is 22.8 Å². The number of rotatable bonds is 11. The summed E-state index contributed by atoms with van der Waals surface area (Å²) in [7, 11) is 1.81. The quantitative estimate of drug-likeness (QED) is 0.231. The second-order valence-corrected chi connectivity index (χ2v) is 9.25. The molecule has 0 aliphatic heterocycles. The van der Waals surface area contributed by atoms with Gasteiger partial charge in [0.25, 0.3) is 5.69 Å². The molecule has 0 aliphatic rings. The average Bonchev–Trinajstić information content (AvgIpc) is 3.32. The molecule has 0 radical (unpaired) electrons. The second-order valence-electron chi connectivity index (χ2n) is 8.87. The molecule has 1 atom stereocenters. The van der Waals surface area contributed by atoms with Gasteiger partial charge in [0.2, 0.25) is 5.91 Å². The standard InChI is InChI=1S/C26H32N6O3S/c1-4-26(2,31(25(36)27-3)17-20-8-6-5-7-9-20)18-29-24(33)14-23-15-28-19-30(23)16-21-10-12-22(13-11-21)32(34)35/h5-13,15,19H,4,14,16-18H2,1-3H3,(H,27,36)(H,29,33). The molecule has 2 N–H and O–H groups in total. The Morgan fingerprint density at radius 2 is 1.86 bits per heavy atom. The van der Waals surface area contributed by atoms with Gasteiger partial charge in [-0.05, 0) is 36.7 Å². The van der Waals surface area contributed by atoms with Gasteiger partial charge in [-0.25, -0.2) is 4.98 Å². The molecule has 190 valence electrons. The van der Waals surface area contributed by atoms with Crippen LogP contribution in [-0.4, -0.2) is 49.5 Å². The first-order valence-corrected chi connectivity index (χ1v) is 12.2. The molecule has 2 aromatic carbocycles. The fourth-order valence-electron chi connectivity index (χ4n) is 3.89. The molecule has 0 spiro atoms. The van der Waals surface area contributed by atoms with E-state index < -0.39 is 10.5 Å².